The van der Waals surface area contributed by atoms with Gasteiger partial charge >= 0.3 is 7.12 Å². The fraction of sp³-hybridized carbons (Fsp3) is 0.200. The van der Waals surface area contributed by atoms with Gasteiger partial charge in [0.05, 0.1) is 6.26 Å². The molecule has 72 valence electrons. The third-order valence-corrected chi connectivity index (χ3v) is 2.37. The monoisotopic (exact) mass is 190 g/mol. The Morgan fingerprint density at radius 1 is 1.36 bits per heavy atom. The van der Waals surface area contributed by atoms with E-state index in [1.54, 1.807) is 18.4 Å². The van der Waals surface area contributed by atoms with Crippen molar-refractivity contribution in [2.24, 2.45) is 0 Å². The molecule has 0 spiro atoms. The summed E-state index contributed by atoms with van der Waals surface area (Å²) in [7, 11) is -1.48. The van der Waals surface area contributed by atoms with Crippen molar-refractivity contribution >= 4 is 23.6 Å². The Kier molecular flexibility index (Phi) is 2.31. The first-order valence-electron chi connectivity index (χ1n) is 4.59. The van der Waals surface area contributed by atoms with E-state index in [2.05, 4.69) is 0 Å². The molecular weight excluding hydrogens is 179 g/mol. The molecule has 0 aliphatic carbocycles. The molecule has 3 nitrogen and oxygen atoms in total. The molecule has 0 fully saturated rings. The number of rotatable bonds is 2. The van der Waals surface area contributed by atoms with E-state index in [9.17, 15) is 0 Å². The molecule has 1 aromatic carbocycles. The van der Waals surface area contributed by atoms with Gasteiger partial charge in [-0.25, -0.2) is 0 Å². The van der Waals surface area contributed by atoms with Crippen molar-refractivity contribution in [1.29, 1.82) is 0 Å². The number of hydrogen-bond donors (Lipinski definition) is 2. The van der Waals surface area contributed by atoms with Gasteiger partial charge in [0.25, 0.3) is 0 Å². The van der Waals surface area contributed by atoms with Gasteiger partial charge in [-0.2, -0.15) is 0 Å². The largest absolute Gasteiger partial charge is 0.492 e. The Bertz CT molecular complexity index is 448. The van der Waals surface area contributed by atoms with Gasteiger partial charge in [-0.3, -0.25) is 0 Å². The number of benzene rings is 1. The lowest BCUT2D eigenvalue weighted by Crippen LogP contribution is -2.30. The molecule has 0 radical (unpaired) electrons. The van der Waals surface area contributed by atoms with Crippen LogP contribution >= 0.6 is 0 Å². The van der Waals surface area contributed by atoms with Crippen molar-refractivity contribution in [2.45, 2.75) is 13.3 Å². The molecule has 0 saturated carbocycles. The highest BCUT2D eigenvalue weighted by Crippen LogP contribution is 2.19. The second kappa shape index (κ2) is 3.48. The molecule has 4 heteroatoms. The highest BCUT2D eigenvalue weighted by atomic mass is 16.4. The zero-order chi connectivity index (χ0) is 10.1. The van der Waals surface area contributed by atoms with Crippen LogP contribution in [0, 0.1) is 0 Å². The molecule has 2 N–H and O–H groups in total. The lowest BCUT2D eigenvalue weighted by Gasteiger charge is -1.99. The molecule has 0 atom stereocenters. The third-order valence-electron chi connectivity index (χ3n) is 2.37. The second-order valence-corrected chi connectivity index (χ2v) is 3.21. The number of fused-ring (bicyclic) bond motifs is 1. The maximum atomic E-state index is 9.10. The predicted octanol–water partition coefficient (Wildman–Crippen LogP) is 0.675. The summed E-state index contributed by atoms with van der Waals surface area (Å²) in [6.07, 6.45) is 2.54. The minimum Gasteiger partial charge on any atom is -0.464 e. The van der Waals surface area contributed by atoms with Crippen molar-refractivity contribution in [2.75, 3.05) is 0 Å². The topological polar surface area (TPSA) is 53.6 Å². The van der Waals surface area contributed by atoms with Crippen LogP contribution in [0.15, 0.2) is 28.9 Å². The van der Waals surface area contributed by atoms with Crippen LogP contribution in [-0.2, 0) is 6.42 Å². The van der Waals surface area contributed by atoms with E-state index >= 15 is 0 Å². The van der Waals surface area contributed by atoms with E-state index < -0.39 is 7.12 Å². The number of furan rings is 1. The lowest BCUT2D eigenvalue weighted by atomic mass is 9.79. The summed E-state index contributed by atoms with van der Waals surface area (Å²) < 4.78 is 5.31. The molecule has 0 saturated heterocycles. The van der Waals surface area contributed by atoms with E-state index in [4.69, 9.17) is 14.5 Å². The van der Waals surface area contributed by atoms with Crippen molar-refractivity contribution in [3.05, 3.63) is 30.0 Å². The van der Waals surface area contributed by atoms with Crippen LogP contribution in [0.1, 0.15) is 12.5 Å². The fourth-order valence-corrected chi connectivity index (χ4v) is 1.61. The van der Waals surface area contributed by atoms with Crippen LogP contribution in [0.3, 0.4) is 0 Å². The van der Waals surface area contributed by atoms with Gasteiger partial charge in [-0.15, -0.1) is 0 Å². The second-order valence-electron chi connectivity index (χ2n) is 3.21. The van der Waals surface area contributed by atoms with Crippen LogP contribution in [-0.4, -0.2) is 17.2 Å². The predicted molar refractivity (Wildman–Crippen MR) is 55.4 cm³/mol. The summed E-state index contributed by atoms with van der Waals surface area (Å²) in [5, 5.41) is 19.2. The smallest absolute Gasteiger partial charge is 0.464 e. The van der Waals surface area contributed by atoms with Crippen LogP contribution in [0.4, 0.5) is 0 Å². The molecule has 0 aliphatic rings. The molecule has 0 amide bonds. The molecule has 0 bridgehead atoms. The molecular formula is C10H11BO3. The highest BCUT2D eigenvalue weighted by Gasteiger charge is 2.17. The minimum atomic E-state index is -1.48. The normalized spacial score (nSPS) is 10.8. The Hall–Kier alpha value is -1.26. The lowest BCUT2D eigenvalue weighted by molar-refractivity contribution is 0.425. The summed E-state index contributed by atoms with van der Waals surface area (Å²) in [6.45, 7) is 2.03. The average Bonchev–Trinajstić information content (AvgIpc) is 2.59. The summed E-state index contributed by atoms with van der Waals surface area (Å²) in [5.41, 5.74) is 2.07. The molecule has 0 aliphatic heterocycles. The van der Waals surface area contributed by atoms with Crippen molar-refractivity contribution in [1.82, 2.24) is 0 Å². The van der Waals surface area contributed by atoms with Crippen molar-refractivity contribution < 1.29 is 14.5 Å². The Morgan fingerprint density at radius 3 is 2.79 bits per heavy atom. The van der Waals surface area contributed by atoms with Gasteiger partial charge < -0.3 is 14.5 Å². The number of hydrogen-bond acceptors (Lipinski definition) is 3. The molecule has 1 aromatic heterocycles. The van der Waals surface area contributed by atoms with Crippen LogP contribution in [0.25, 0.3) is 11.0 Å². The molecule has 1 heterocycles. The first-order chi connectivity index (χ1) is 6.74. The van der Waals surface area contributed by atoms with E-state index in [1.165, 1.54) is 0 Å². The Labute approximate surface area is 82.1 Å². The number of aryl methyl sites for hydroxylation is 1. The number of para-hydroxylation sites is 1. The maximum Gasteiger partial charge on any atom is 0.492 e. The van der Waals surface area contributed by atoms with Crippen molar-refractivity contribution in [3.8, 4) is 0 Å². The van der Waals surface area contributed by atoms with Crippen LogP contribution in [0.2, 0.25) is 0 Å². The first kappa shape index (κ1) is 9.31. The van der Waals surface area contributed by atoms with E-state index in [-0.39, 0.29) is 0 Å². The minimum absolute atomic E-state index is 0.419. The molecule has 0 unspecified atom stereocenters. The van der Waals surface area contributed by atoms with Crippen LogP contribution < -0.4 is 5.46 Å². The zero-order valence-electron chi connectivity index (χ0n) is 7.90. The zero-order valence-corrected chi connectivity index (χ0v) is 7.90. The standard InChI is InChI=1S/C10H11BO3/c1-2-7-6-14-10-8(7)4-3-5-9(10)11(12)13/h3-6,12-13H,2H2,1H3. The highest BCUT2D eigenvalue weighted by molar-refractivity contribution is 6.61. The molecule has 14 heavy (non-hydrogen) atoms. The van der Waals surface area contributed by atoms with E-state index in [0.29, 0.717) is 11.0 Å². The quantitative estimate of drug-likeness (QED) is 0.684. The fourth-order valence-electron chi connectivity index (χ4n) is 1.61. The van der Waals surface area contributed by atoms with E-state index in [0.717, 1.165) is 17.4 Å². The average molecular weight is 190 g/mol. The summed E-state index contributed by atoms with van der Waals surface area (Å²) >= 11 is 0. The SMILES string of the molecule is CCc1coc2c(B(O)O)cccc12. The third kappa shape index (κ3) is 1.33. The van der Waals surface area contributed by atoms with Gasteiger partial charge in [-0.1, -0.05) is 25.1 Å². The van der Waals surface area contributed by atoms with Gasteiger partial charge in [0.2, 0.25) is 0 Å². The Morgan fingerprint density at radius 2 is 2.14 bits per heavy atom. The summed E-state index contributed by atoms with van der Waals surface area (Å²) in [4.78, 5) is 0. The van der Waals surface area contributed by atoms with Crippen molar-refractivity contribution in [3.63, 3.8) is 0 Å². The molecule has 2 rings (SSSR count). The summed E-state index contributed by atoms with van der Waals surface area (Å²) in [5.74, 6) is 0. The van der Waals surface area contributed by atoms with Gasteiger partial charge in [-0.05, 0) is 12.0 Å². The first-order valence-corrected chi connectivity index (χ1v) is 4.59. The molecule has 2 aromatic rings. The van der Waals surface area contributed by atoms with Gasteiger partial charge in [0, 0.05) is 10.8 Å². The maximum absolute atomic E-state index is 9.10. The summed E-state index contributed by atoms with van der Waals surface area (Å²) in [6, 6.07) is 5.37. The van der Waals surface area contributed by atoms with Gasteiger partial charge in [0.1, 0.15) is 5.58 Å². The van der Waals surface area contributed by atoms with Crippen LogP contribution in [0.5, 0.6) is 0 Å². The van der Waals surface area contributed by atoms with Gasteiger partial charge in [0.15, 0.2) is 0 Å². The van der Waals surface area contributed by atoms with E-state index in [1.807, 2.05) is 13.0 Å². The Balaban J connectivity index is 2.70.